The van der Waals surface area contributed by atoms with Gasteiger partial charge in [-0.05, 0) is 60.2 Å². The topological polar surface area (TPSA) is 48.9 Å². The highest BCUT2D eigenvalue weighted by Crippen LogP contribution is 3.04. The Morgan fingerprint density at radius 1 is 0.846 bits per heavy atom. The van der Waals surface area contributed by atoms with Crippen LogP contribution in [0.3, 0.4) is 0 Å². The SMILES string of the molecule is O=c1n(-c2ccccc2)c(=O)n2n1[C@H]1[C@H]3C4C5[C@@]16CCSCC[C@@]56[C@@H]2[C@@H]43. The molecular weight excluding hydrogens is 346 g/mol. The lowest BCUT2D eigenvalue weighted by molar-refractivity contribution is -0.00192. The third-order valence-electron chi connectivity index (χ3n) is 9.12. The Balaban J connectivity index is 1.45. The van der Waals surface area contributed by atoms with Crippen molar-refractivity contribution in [1.29, 1.82) is 0 Å². The van der Waals surface area contributed by atoms with Gasteiger partial charge in [0.25, 0.3) is 0 Å². The summed E-state index contributed by atoms with van der Waals surface area (Å²) in [6.07, 6.45) is 2.50. The van der Waals surface area contributed by atoms with Gasteiger partial charge in [-0.3, -0.25) is 0 Å². The summed E-state index contributed by atoms with van der Waals surface area (Å²) in [7, 11) is 0. The molecule has 3 aliphatic heterocycles. The second-order valence-corrected chi connectivity index (χ2v) is 10.4. The maximum absolute atomic E-state index is 13.4. The van der Waals surface area contributed by atoms with Gasteiger partial charge in [-0.1, -0.05) is 18.2 Å². The normalized spacial score (nSPS) is 50.2. The molecule has 7 aliphatic rings. The van der Waals surface area contributed by atoms with E-state index in [9.17, 15) is 9.59 Å². The molecular formula is C20H19N3O2S. The molecule has 5 nitrogen and oxygen atoms in total. The van der Waals surface area contributed by atoms with Gasteiger partial charge in [-0.25, -0.2) is 23.5 Å². The van der Waals surface area contributed by atoms with E-state index in [0.29, 0.717) is 28.4 Å². The van der Waals surface area contributed by atoms with Crippen molar-refractivity contribution in [2.45, 2.75) is 24.9 Å². The first-order chi connectivity index (χ1) is 12.7. The molecule has 2 aromatic rings. The van der Waals surface area contributed by atoms with Crippen LogP contribution in [0.5, 0.6) is 0 Å². The minimum absolute atomic E-state index is 0.104. The van der Waals surface area contributed by atoms with Crippen LogP contribution in [0.25, 0.3) is 5.69 Å². The van der Waals surface area contributed by atoms with Crippen LogP contribution in [0, 0.1) is 34.5 Å². The summed E-state index contributed by atoms with van der Waals surface area (Å²) in [5.41, 5.74) is 1.17. The summed E-state index contributed by atoms with van der Waals surface area (Å²) in [6.45, 7) is 0. The van der Waals surface area contributed by atoms with Gasteiger partial charge in [0.15, 0.2) is 0 Å². The van der Waals surface area contributed by atoms with E-state index in [1.807, 2.05) is 39.7 Å². The first-order valence-electron chi connectivity index (χ1n) is 9.84. The molecule has 132 valence electrons. The largest absolute Gasteiger partial charge is 0.352 e. The highest BCUT2D eigenvalue weighted by atomic mass is 32.2. The molecule has 0 amide bonds. The Kier molecular flexibility index (Phi) is 1.90. The lowest BCUT2D eigenvalue weighted by atomic mass is 9.69. The van der Waals surface area contributed by atoms with E-state index in [-0.39, 0.29) is 23.5 Å². The number of benzene rings is 1. The number of aromatic nitrogens is 3. The third-order valence-corrected chi connectivity index (χ3v) is 10.1. The van der Waals surface area contributed by atoms with E-state index in [4.69, 9.17) is 0 Å². The van der Waals surface area contributed by atoms with Crippen LogP contribution in [-0.4, -0.2) is 25.4 Å². The summed E-state index contributed by atoms with van der Waals surface area (Å²) in [5.74, 6) is 5.42. The molecule has 6 atom stereocenters. The van der Waals surface area contributed by atoms with Crippen molar-refractivity contribution in [2.75, 3.05) is 11.5 Å². The van der Waals surface area contributed by atoms with Crippen LogP contribution in [0.1, 0.15) is 24.9 Å². The molecule has 1 aromatic carbocycles. The summed E-state index contributed by atoms with van der Waals surface area (Å²) < 4.78 is 5.29. The Labute approximate surface area is 154 Å². The molecule has 4 aliphatic carbocycles. The third kappa shape index (κ3) is 0.987. The summed E-state index contributed by atoms with van der Waals surface area (Å²) >= 11 is 2.08. The lowest BCUT2D eigenvalue weighted by Crippen LogP contribution is -2.52. The van der Waals surface area contributed by atoms with Gasteiger partial charge in [0.2, 0.25) is 0 Å². The van der Waals surface area contributed by atoms with E-state index < -0.39 is 0 Å². The molecule has 6 heteroatoms. The van der Waals surface area contributed by atoms with Gasteiger partial charge in [0.05, 0.1) is 17.8 Å². The molecule has 0 N–H and O–H groups in total. The Morgan fingerprint density at radius 2 is 1.42 bits per heavy atom. The van der Waals surface area contributed by atoms with Gasteiger partial charge in [0.1, 0.15) is 0 Å². The standard InChI is InChI=1S/C20H19N3O2S/c24-17-21(10-4-2-1-3-5-10)18(25)23-16-13-11-12(13)15(22(17)23)19-6-8-26-9-7-20(16,19)14(11)19/h1-5,11-16H,6-9H2/t11?,12-,13-,14?,15-,16-,19-,20-/m0/s1. The fraction of sp³-hybridized carbons (Fsp3) is 0.600. The number of para-hydroxylation sites is 1. The van der Waals surface area contributed by atoms with Gasteiger partial charge in [0, 0.05) is 10.8 Å². The van der Waals surface area contributed by atoms with Crippen molar-refractivity contribution in [2.24, 2.45) is 34.5 Å². The van der Waals surface area contributed by atoms with Crippen molar-refractivity contribution in [3.05, 3.63) is 51.3 Å². The monoisotopic (exact) mass is 365 g/mol. The van der Waals surface area contributed by atoms with Gasteiger partial charge < -0.3 is 0 Å². The average molecular weight is 365 g/mol. The second kappa shape index (κ2) is 3.66. The highest BCUT2D eigenvalue weighted by Gasteiger charge is 3.02. The zero-order chi connectivity index (χ0) is 17.0. The van der Waals surface area contributed by atoms with E-state index in [0.717, 1.165) is 11.8 Å². The summed E-state index contributed by atoms with van der Waals surface area (Å²) in [6, 6.07) is 10.0. The molecule has 2 bridgehead atoms. The Bertz CT molecular complexity index is 1070. The van der Waals surface area contributed by atoms with E-state index in [2.05, 4.69) is 11.8 Å². The number of rotatable bonds is 1. The fourth-order valence-corrected chi connectivity index (χ4v) is 10.0. The minimum Gasteiger partial charge on any atom is -0.245 e. The molecule has 5 fully saturated rings. The first kappa shape index (κ1) is 13.5. The molecule has 0 radical (unpaired) electrons. The average Bonchev–Trinajstić information content (AvgIpc) is 3.42. The van der Waals surface area contributed by atoms with Crippen LogP contribution in [0.2, 0.25) is 0 Å². The van der Waals surface area contributed by atoms with Crippen LogP contribution >= 0.6 is 11.8 Å². The van der Waals surface area contributed by atoms with Crippen LogP contribution < -0.4 is 11.4 Å². The molecule has 9 rings (SSSR count). The molecule has 2 spiro atoms. The molecule has 4 saturated carbocycles. The van der Waals surface area contributed by atoms with Gasteiger partial charge in [-0.15, -0.1) is 0 Å². The lowest BCUT2D eigenvalue weighted by Gasteiger charge is -2.47. The van der Waals surface area contributed by atoms with Crippen LogP contribution in [0.15, 0.2) is 39.9 Å². The summed E-state index contributed by atoms with van der Waals surface area (Å²) in [5, 5.41) is 0. The van der Waals surface area contributed by atoms with Crippen LogP contribution in [0.4, 0.5) is 0 Å². The number of hydrogen-bond donors (Lipinski definition) is 0. The minimum atomic E-state index is -0.104. The predicted octanol–water partition coefficient (Wildman–Crippen LogP) is 1.92. The molecule has 1 aromatic heterocycles. The molecule has 0 unspecified atom stereocenters. The van der Waals surface area contributed by atoms with Gasteiger partial charge >= 0.3 is 11.4 Å². The number of hydrogen-bond acceptors (Lipinski definition) is 3. The fourth-order valence-electron chi connectivity index (χ4n) is 8.84. The Hall–Kier alpha value is -1.69. The Morgan fingerprint density at radius 3 is 2.00 bits per heavy atom. The van der Waals surface area contributed by atoms with Crippen molar-refractivity contribution in [3.63, 3.8) is 0 Å². The van der Waals surface area contributed by atoms with Gasteiger partial charge in [-0.2, -0.15) is 11.8 Å². The smallest absolute Gasteiger partial charge is 0.245 e. The number of thioether (sulfide) groups is 1. The predicted molar refractivity (Wildman–Crippen MR) is 97.7 cm³/mol. The van der Waals surface area contributed by atoms with Crippen molar-refractivity contribution in [1.82, 2.24) is 13.9 Å². The molecule has 4 heterocycles. The highest BCUT2D eigenvalue weighted by molar-refractivity contribution is 7.99. The van der Waals surface area contributed by atoms with E-state index >= 15 is 0 Å². The van der Waals surface area contributed by atoms with Crippen molar-refractivity contribution >= 4 is 11.8 Å². The zero-order valence-corrected chi connectivity index (χ0v) is 15.1. The second-order valence-electron chi connectivity index (χ2n) is 9.22. The quantitative estimate of drug-likeness (QED) is 0.776. The van der Waals surface area contributed by atoms with E-state index in [1.54, 1.807) is 0 Å². The summed E-state index contributed by atoms with van der Waals surface area (Å²) in [4.78, 5) is 26.8. The van der Waals surface area contributed by atoms with Crippen LogP contribution in [-0.2, 0) is 0 Å². The molecule has 1 saturated heterocycles. The van der Waals surface area contributed by atoms with Crippen molar-refractivity contribution < 1.29 is 0 Å². The van der Waals surface area contributed by atoms with Crippen molar-refractivity contribution in [3.8, 4) is 5.69 Å². The molecule has 26 heavy (non-hydrogen) atoms. The zero-order valence-electron chi connectivity index (χ0n) is 14.2. The first-order valence-corrected chi connectivity index (χ1v) is 11.0. The maximum Gasteiger partial charge on any atom is 0.352 e. The maximum atomic E-state index is 13.4. The number of nitrogens with zero attached hydrogens (tertiary/aromatic N) is 3. The van der Waals surface area contributed by atoms with E-state index in [1.165, 1.54) is 28.9 Å².